The molecule has 0 fully saturated rings. The van der Waals surface area contributed by atoms with Gasteiger partial charge in [0.25, 0.3) is 14.7 Å². The summed E-state index contributed by atoms with van der Waals surface area (Å²) >= 11 is 0. The molecule has 6 nitrogen and oxygen atoms in total. The van der Waals surface area contributed by atoms with Gasteiger partial charge in [-0.1, -0.05) is 11.8 Å². The summed E-state index contributed by atoms with van der Waals surface area (Å²) in [5, 5.41) is 10.8. The van der Waals surface area contributed by atoms with Gasteiger partial charge in [-0.2, -0.15) is 0 Å². The van der Waals surface area contributed by atoms with Crippen molar-refractivity contribution in [1.82, 2.24) is 0 Å². The zero-order valence-corrected chi connectivity index (χ0v) is 10.9. The largest absolute Gasteiger partial charge is 0.320 e. The molecule has 0 aliphatic heterocycles. The van der Waals surface area contributed by atoms with E-state index < -0.39 is 19.7 Å². The summed E-state index contributed by atoms with van der Waals surface area (Å²) in [6, 6.07) is 2.20. The lowest BCUT2D eigenvalue weighted by atomic mass is 10.1. The first-order valence-electron chi connectivity index (χ1n) is 4.70. The summed E-state index contributed by atoms with van der Waals surface area (Å²) in [5.41, 5.74) is 5.16. The third-order valence-electron chi connectivity index (χ3n) is 2.08. The van der Waals surface area contributed by atoms with E-state index >= 15 is 0 Å². The number of nitro benzene ring substituents is 1. The van der Waals surface area contributed by atoms with E-state index in [9.17, 15) is 18.5 Å². The second kappa shape index (κ2) is 5.35. The molecule has 0 atom stereocenters. The van der Waals surface area contributed by atoms with Crippen LogP contribution in [-0.2, 0) is 9.05 Å². The first kappa shape index (κ1) is 14.4. The van der Waals surface area contributed by atoms with E-state index in [0.717, 1.165) is 6.07 Å². The average molecular weight is 289 g/mol. The topological polar surface area (TPSA) is 103 Å². The van der Waals surface area contributed by atoms with Crippen molar-refractivity contribution in [2.24, 2.45) is 5.73 Å². The molecule has 0 aromatic heterocycles. The Labute approximate surface area is 108 Å². The number of nitrogens with two attached hydrogens (primary N) is 1. The van der Waals surface area contributed by atoms with Gasteiger partial charge >= 0.3 is 0 Å². The van der Waals surface area contributed by atoms with Crippen LogP contribution in [0.5, 0.6) is 0 Å². The first-order valence-corrected chi connectivity index (χ1v) is 7.01. The summed E-state index contributed by atoms with van der Waals surface area (Å²) in [7, 11) is 1.16. The maximum absolute atomic E-state index is 11.2. The number of rotatable bonds is 2. The van der Waals surface area contributed by atoms with Crippen LogP contribution < -0.4 is 5.73 Å². The minimum absolute atomic E-state index is 0.0474. The van der Waals surface area contributed by atoms with Crippen molar-refractivity contribution < 1.29 is 13.3 Å². The van der Waals surface area contributed by atoms with Gasteiger partial charge in [-0.3, -0.25) is 10.1 Å². The number of hydrogen-bond acceptors (Lipinski definition) is 5. The predicted molar refractivity (Wildman–Crippen MR) is 66.8 cm³/mol. The molecule has 0 aliphatic rings. The van der Waals surface area contributed by atoms with Crippen molar-refractivity contribution in [3.8, 4) is 11.8 Å². The highest BCUT2D eigenvalue weighted by molar-refractivity contribution is 8.13. The van der Waals surface area contributed by atoms with Gasteiger partial charge in [-0.15, -0.1) is 0 Å². The summed E-state index contributed by atoms with van der Waals surface area (Å²) in [6.45, 7) is 1.53. The third-order valence-corrected chi connectivity index (χ3v) is 3.54. The highest BCUT2D eigenvalue weighted by Crippen LogP contribution is 2.28. The number of benzene rings is 1. The number of nitrogens with zero attached hydrogens (tertiary/aromatic N) is 1. The first-order chi connectivity index (χ1) is 8.27. The molecule has 2 N–H and O–H groups in total. The van der Waals surface area contributed by atoms with Crippen molar-refractivity contribution in [2.45, 2.75) is 11.8 Å². The zero-order valence-electron chi connectivity index (χ0n) is 9.31. The fourth-order valence-corrected chi connectivity index (χ4v) is 2.53. The smallest absolute Gasteiger partial charge is 0.286 e. The van der Waals surface area contributed by atoms with Crippen LogP contribution in [0, 0.1) is 28.9 Å². The Morgan fingerprint density at radius 1 is 1.50 bits per heavy atom. The number of hydrogen-bond donors (Lipinski definition) is 1. The molecular formula is C10H9ClN2O4S. The number of aryl methyl sites for hydroxylation is 1. The number of halogens is 1. The lowest BCUT2D eigenvalue weighted by molar-refractivity contribution is -0.385. The van der Waals surface area contributed by atoms with E-state index in [1.54, 1.807) is 0 Å². The lowest BCUT2D eigenvalue weighted by Crippen LogP contribution is -2.00. The average Bonchev–Trinajstić information content (AvgIpc) is 2.23. The fourth-order valence-electron chi connectivity index (χ4n) is 1.34. The Hall–Kier alpha value is -1.62. The Morgan fingerprint density at radius 2 is 2.11 bits per heavy atom. The van der Waals surface area contributed by atoms with Crippen LogP contribution in [0.25, 0.3) is 0 Å². The molecule has 1 rings (SSSR count). The minimum atomic E-state index is -4.03. The van der Waals surface area contributed by atoms with Crippen LogP contribution in [-0.4, -0.2) is 19.9 Å². The maximum Gasteiger partial charge on any atom is 0.286 e. The molecule has 0 spiro atoms. The standard InChI is InChI=1S/C10H9ClN2O4S/c1-7-5-8(3-2-4-12)9(13(14)15)6-10(7)18(11,16)17/h5-6H,4,12H2,1H3. The molecular weight excluding hydrogens is 280 g/mol. The molecule has 0 saturated carbocycles. The van der Waals surface area contributed by atoms with E-state index in [4.69, 9.17) is 16.4 Å². The van der Waals surface area contributed by atoms with Crippen LogP contribution in [0.15, 0.2) is 17.0 Å². The van der Waals surface area contributed by atoms with Crippen LogP contribution in [0.2, 0.25) is 0 Å². The highest BCUT2D eigenvalue weighted by Gasteiger charge is 2.21. The second-order valence-electron chi connectivity index (χ2n) is 3.34. The van der Waals surface area contributed by atoms with Gasteiger partial charge in [0.1, 0.15) is 5.56 Å². The second-order valence-corrected chi connectivity index (χ2v) is 5.87. The minimum Gasteiger partial charge on any atom is -0.320 e. The molecule has 0 amide bonds. The van der Waals surface area contributed by atoms with Crippen LogP contribution in [0.3, 0.4) is 0 Å². The van der Waals surface area contributed by atoms with Gasteiger partial charge in [-0.25, -0.2) is 8.42 Å². The van der Waals surface area contributed by atoms with Gasteiger partial charge in [0.05, 0.1) is 16.4 Å². The van der Waals surface area contributed by atoms with Gasteiger partial charge in [0.15, 0.2) is 0 Å². The van der Waals surface area contributed by atoms with Gasteiger partial charge < -0.3 is 5.73 Å². The molecule has 1 aromatic carbocycles. The monoisotopic (exact) mass is 288 g/mol. The molecule has 0 unspecified atom stereocenters. The maximum atomic E-state index is 11.2. The van der Waals surface area contributed by atoms with Gasteiger partial charge in [0.2, 0.25) is 0 Å². The molecule has 18 heavy (non-hydrogen) atoms. The van der Waals surface area contributed by atoms with E-state index in [1.165, 1.54) is 13.0 Å². The molecule has 0 radical (unpaired) electrons. The van der Waals surface area contributed by atoms with E-state index in [-0.39, 0.29) is 22.6 Å². The Kier molecular flexibility index (Phi) is 4.29. The molecule has 0 bridgehead atoms. The van der Waals surface area contributed by atoms with E-state index in [2.05, 4.69) is 11.8 Å². The van der Waals surface area contributed by atoms with Crippen molar-refractivity contribution >= 4 is 25.4 Å². The molecule has 96 valence electrons. The van der Waals surface area contributed by atoms with Gasteiger partial charge in [-0.05, 0) is 18.6 Å². The fraction of sp³-hybridized carbons (Fsp3) is 0.200. The molecule has 1 aromatic rings. The summed E-state index contributed by atoms with van der Waals surface area (Å²) in [4.78, 5) is 9.83. The molecule has 8 heteroatoms. The van der Waals surface area contributed by atoms with Crippen LogP contribution in [0.4, 0.5) is 5.69 Å². The number of nitro groups is 1. The van der Waals surface area contributed by atoms with Crippen molar-refractivity contribution in [3.05, 3.63) is 33.4 Å². The quantitative estimate of drug-likeness (QED) is 0.380. The summed E-state index contributed by atoms with van der Waals surface area (Å²) in [5.74, 6) is 5.00. The van der Waals surface area contributed by atoms with Crippen LogP contribution >= 0.6 is 10.7 Å². The van der Waals surface area contributed by atoms with Crippen molar-refractivity contribution in [3.63, 3.8) is 0 Å². The van der Waals surface area contributed by atoms with E-state index in [0.29, 0.717) is 0 Å². The van der Waals surface area contributed by atoms with E-state index in [1.807, 2.05) is 0 Å². The summed E-state index contributed by atoms with van der Waals surface area (Å²) < 4.78 is 22.5. The highest BCUT2D eigenvalue weighted by atomic mass is 35.7. The predicted octanol–water partition coefficient (Wildman–Crippen LogP) is 1.14. The molecule has 0 heterocycles. The zero-order chi connectivity index (χ0) is 13.9. The molecule has 0 aliphatic carbocycles. The van der Waals surface area contributed by atoms with Gasteiger partial charge in [0, 0.05) is 16.7 Å². The van der Waals surface area contributed by atoms with Crippen molar-refractivity contribution in [1.29, 1.82) is 0 Å². The molecule has 0 saturated heterocycles. The summed E-state index contributed by atoms with van der Waals surface area (Å²) in [6.07, 6.45) is 0. The SMILES string of the molecule is Cc1cc(C#CCN)c([N+](=O)[O-])cc1S(=O)(=O)Cl. The Morgan fingerprint density at radius 3 is 2.56 bits per heavy atom. The lowest BCUT2D eigenvalue weighted by Gasteiger charge is -2.03. The van der Waals surface area contributed by atoms with Crippen molar-refractivity contribution in [2.75, 3.05) is 6.54 Å². The normalized spacial score (nSPS) is 10.6. The third kappa shape index (κ3) is 3.20. The Balaban J connectivity index is 3.59. The Bertz CT molecular complexity index is 658. The van der Waals surface area contributed by atoms with Crippen LogP contribution in [0.1, 0.15) is 11.1 Å².